The number of amides is 1. The molecular formula is C18H19BrN2O5. The fourth-order valence-corrected chi connectivity index (χ4v) is 2.56. The van der Waals surface area contributed by atoms with E-state index in [4.69, 9.17) is 9.47 Å². The van der Waals surface area contributed by atoms with Gasteiger partial charge < -0.3 is 19.4 Å². The second kappa shape index (κ2) is 9.19. The molecule has 0 radical (unpaired) electrons. The summed E-state index contributed by atoms with van der Waals surface area (Å²) in [5, 5.41) is 2.57. The Morgan fingerprint density at radius 1 is 1.04 bits per heavy atom. The molecule has 1 aromatic heterocycles. The average molecular weight is 423 g/mol. The first-order chi connectivity index (χ1) is 12.5. The minimum absolute atomic E-state index is 0.173. The molecule has 0 spiro atoms. The summed E-state index contributed by atoms with van der Waals surface area (Å²) in [5.74, 6) is -1.77. The van der Waals surface area contributed by atoms with Crippen LogP contribution in [0.3, 0.4) is 0 Å². The maximum atomic E-state index is 12.4. The molecule has 7 nitrogen and oxygen atoms in total. The molecule has 138 valence electrons. The molecule has 0 saturated carbocycles. The van der Waals surface area contributed by atoms with Crippen LogP contribution in [-0.2, 0) is 19.1 Å². The van der Waals surface area contributed by atoms with E-state index in [-0.39, 0.29) is 24.6 Å². The monoisotopic (exact) mass is 422 g/mol. The zero-order chi connectivity index (χ0) is 19.1. The lowest BCUT2D eigenvalue weighted by Gasteiger charge is -2.11. The standard InChI is InChI=1S/C18H19BrN2O5/c1-3-25-16(23)11-15(22)20-14-9-10-21(17(14)18(24)26-4-2)13-7-5-12(19)6-8-13/h5-10H,3-4,11H2,1-2H3,(H,20,22). The Morgan fingerprint density at radius 3 is 2.31 bits per heavy atom. The summed E-state index contributed by atoms with van der Waals surface area (Å²) in [5.41, 5.74) is 1.16. The van der Waals surface area contributed by atoms with Crippen LogP contribution in [-0.4, -0.2) is 35.6 Å². The molecule has 2 aromatic rings. The van der Waals surface area contributed by atoms with Gasteiger partial charge in [0.25, 0.3) is 0 Å². The van der Waals surface area contributed by atoms with Crippen LogP contribution in [0.5, 0.6) is 0 Å². The van der Waals surface area contributed by atoms with Gasteiger partial charge in [-0.15, -0.1) is 0 Å². The first-order valence-corrected chi connectivity index (χ1v) is 8.85. The molecule has 0 saturated heterocycles. The van der Waals surface area contributed by atoms with E-state index in [0.29, 0.717) is 0 Å². The molecular weight excluding hydrogens is 404 g/mol. The number of carbonyl (C=O) groups excluding carboxylic acids is 3. The summed E-state index contributed by atoms with van der Waals surface area (Å²) < 4.78 is 12.4. The zero-order valence-electron chi connectivity index (χ0n) is 14.5. The van der Waals surface area contributed by atoms with Crippen LogP contribution in [0.15, 0.2) is 41.0 Å². The highest BCUT2D eigenvalue weighted by Crippen LogP contribution is 2.24. The minimum atomic E-state index is -0.630. The molecule has 26 heavy (non-hydrogen) atoms. The number of anilines is 1. The fourth-order valence-electron chi connectivity index (χ4n) is 2.30. The van der Waals surface area contributed by atoms with Crippen molar-refractivity contribution in [3.05, 3.63) is 46.7 Å². The number of ether oxygens (including phenoxy) is 2. The van der Waals surface area contributed by atoms with Crippen molar-refractivity contribution in [1.29, 1.82) is 0 Å². The first-order valence-electron chi connectivity index (χ1n) is 8.06. The highest BCUT2D eigenvalue weighted by Gasteiger charge is 2.22. The summed E-state index contributed by atoms with van der Waals surface area (Å²) in [7, 11) is 0. The van der Waals surface area contributed by atoms with Gasteiger partial charge in [0.15, 0.2) is 5.69 Å². The molecule has 1 amide bonds. The molecule has 1 N–H and O–H groups in total. The lowest BCUT2D eigenvalue weighted by atomic mass is 10.3. The van der Waals surface area contributed by atoms with E-state index in [1.165, 1.54) is 0 Å². The van der Waals surface area contributed by atoms with Gasteiger partial charge in [-0.05, 0) is 44.2 Å². The van der Waals surface area contributed by atoms with Gasteiger partial charge >= 0.3 is 11.9 Å². The number of nitrogens with zero attached hydrogens (tertiary/aromatic N) is 1. The van der Waals surface area contributed by atoms with E-state index in [1.807, 2.05) is 24.3 Å². The highest BCUT2D eigenvalue weighted by molar-refractivity contribution is 9.10. The average Bonchev–Trinajstić information content (AvgIpc) is 2.99. The van der Waals surface area contributed by atoms with Gasteiger partial charge in [0.2, 0.25) is 5.91 Å². The van der Waals surface area contributed by atoms with E-state index in [1.54, 1.807) is 30.7 Å². The number of benzene rings is 1. The van der Waals surface area contributed by atoms with Gasteiger partial charge in [0.05, 0.1) is 18.9 Å². The molecule has 8 heteroatoms. The first kappa shape index (κ1) is 19.7. The van der Waals surface area contributed by atoms with Crippen molar-refractivity contribution in [2.75, 3.05) is 18.5 Å². The molecule has 1 aromatic carbocycles. The third-order valence-electron chi connectivity index (χ3n) is 3.34. The number of rotatable bonds is 7. The molecule has 0 aliphatic carbocycles. The van der Waals surface area contributed by atoms with E-state index < -0.39 is 24.3 Å². The molecule has 0 unspecified atom stereocenters. The molecule has 1 heterocycles. The molecule has 0 bridgehead atoms. The fraction of sp³-hybridized carbons (Fsp3) is 0.278. The second-order valence-corrected chi connectivity index (χ2v) is 6.09. The quantitative estimate of drug-likeness (QED) is 0.546. The normalized spacial score (nSPS) is 10.3. The predicted octanol–water partition coefficient (Wildman–Crippen LogP) is 3.31. The van der Waals surface area contributed by atoms with Crippen molar-refractivity contribution in [1.82, 2.24) is 4.57 Å². The van der Waals surface area contributed by atoms with Gasteiger partial charge in [-0.2, -0.15) is 0 Å². The molecule has 2 rings (SSSR count). The number of hydrogen-bond donors (Lipinski definition) is 1. The maximum absolute atomic E-state index is 12.4. The van der Waals surface area contributed by atoms with Gasteiger partial charge in [0, 0.05) is 16.4 Å². The highest BCUT2D eigenvalue weighted by atomic mass is 79.9. The molecule has 0 fully saturated rings. The van der Waals surface area contributed by atoms with E-state index in [2.05, 4.69) is 21.2 Å². The SMILES string of the molecule is CCOC(=O)CC(=O)Nc1ccn(-c2ccc(Br)cc2)c1C(=O)OCC. The van der Waals surface area contributed by atoms with Gasteiger partial charge in [-0.3, -0.25) is 9.59 Å². The smallest absolute Gasteiger partial charge is 0.357 e. The van der Waals surface area contributed by atoms with Gasteiger partial charge in [0.1, 0.15) is 6.42 Å². The summed E-state index contributed by atoms with van der Waals surface area (Å²) in [6.07, 6.45) is 1.22. The van der Waals surface area contributed by atoms with Crippen LogP contribution < -0.4 is 5.32 Å². The Morgan fingerprint density at radius 2 is 1.69 bits per heavy atom. The number of nitrogens with one attached hydrogen (secondary N) is 1. The van der Waals surface area contributed by atoms with Crippen LogP contribution in [0.2, 0.25) is 0 Å². The lowest BCUT2D eigenvalue weighted by molar-refractivity contribution is -0.145. The summed E-state index contributed by atoms with van der Waals surface area (Å²) in [4.78, 5) is 35.9. The summed E-state index contributed by atoms with van der Waals surface area (Å²) in [6, 6.07) is 8.89. The Balaban J connectivity index is 2.31. The number of esters is 2. The van der Waals surface area contributed by atoms with Crippen molar-refractivity contribution in [2.45, 2.75) is 20.3 Å². The van der Waals surface area contributed by atoms with Crippen molar-refractivity contribution in [3.8, 4) is 5.69 Å². The van der Waals surface area contributed by atoms with Crippen LogP contribution in [0.25, 0.3) is 5.69 Å². The molecule has 0 aliphatic heterocycles. The van der Waals surface area contributed by atoms with Crippen molar-refractivity contribution >= 4 is 39.5 Å². The van der Waals surface area contributed by atoms with Crippen LogP contribution in [0.4, 0.5) is 5.69 Å². The summed E-state index contributed by atoms with van der Waals surface area (Å²) >= 11 is 3.36. The molecule has 0 aliphatic rings. The Kier molecular flexibility index (Phi) is 6.97. The number of hydrogen-bond acceptors (Lipinski definition) is 5. The third-order valence-corrected chi connectivity index (χ3v) is 3.87. The van der Waals surface area contributed by atoms with E-state index in [0.717, 1.165) is 10.2 Å². The second-order valence-electron chi connectivity index (χ2n) is 5.17. The van der Waals surface area contributed by atoms with Crippen LogP contribution >= 0.6 is 15.9 Å². The third kappa shape index (κ3) is 4.95. The maximum Gasteiger partial charge on any atom is 0.357 e. The zero-order valence-corrected chi connectivity index (χ0v) is 16.0. The largest absolute Gasteiger partial charge is 0.466 e. The topological polar surface area (TPSA) is 86.6 Å². The molecule has 0 atom stereocenters. The summed E-state index contributed by atoms with van der Waals surface area (Å²) in [6.45, 7) is 3.75. The van der Waals surface area contributed by atoms with Gasteiger partial charge in [-0.25, -0.2) is 4.79 Å². The van der Waals surface area contributed by atoms with Crippen LogP contribution in [0, 0.1) is 0 Å². The van der Waals surface area contributed by atoms with Gasteiger partial charge in [-0.1, -0.05) is 15.9 Å². The van der Waals surface area contributed by atoms with E-state index in [9.17, 15) is 14.4 Å². The number of halogens is 1. The van der Waals surface area contributed by atoms with Crippen molar-refractivity contribution < 1.29 is 23.9 Å². The van der Waals surface area contributed by atoms with Crippen LogP contribution in [0.1, 0.15) is 30.8 Å². The Labute approximate surface area is 159 Å². The Hall–Kier alpha value is -2.61. The van der Waals surface area contributed by atoms with Crippen molar-refractivity contribution in [2.24, 2.45) is 0 Å². The lowest BCUT2D eigenvalue weighted by Crippen LogP contribution is -2.20. The minimum Gasteiger partial charge on any atom is -0.466 e. The number of carbonyl (C=O) groups is 3. The van der Waals surface area contributed by atoms with E-state index >= 15 is 0 Å². The number of aromatic nitrogens is 1. The van der Waals surface area contributed by atoms with Crippen molar-refractivity contribution in [3.63, 3.8) is 0 Å². The predicted molar refractivity (Wildman–Crippen MR) is 99.3 cm³/mol. The Bertz CT molecular complexity index is 798.